The van der Waals surface area contributed by atoms with Crippen LogP contribution in [0.15, 0.2) is 73.2 Å². The molecule has 0 atom stereocenters. The van der Waals surface area contributed by atoms with Crippen LogP contribution in [0.5, 0.6) is 0 Å². The van der Waals surface area contributed by atoms with Crippen LogP contribution in [-0.4, -0.2) is 30.9 Å². The molecule has 0 aliphatic heterocycles. The Hall–Kier alpha value is -4.10. The van der Waals surface area contributed by atoms with Gasteiger partial charge < -0.3 is 4.98 Å². The molecule has 0 spiro atoms. The third kappa shape index (κ3) is 3.02. The topological polar surface area (TPSA) is 87.3 Å². The van der Waals surface area contributed by atoms with Gasteiger partial charge in [0.2, 0.25) is 0 Å². The van der Waals surface area contributed by atoms with Crippen molar-refractivity contribution in [2.45, 2.75) is 6.92 Å². The highest BCUT2D eigenvalue weighted by Crippen LogP contribution is 2.36. The van der Waals surface area contributed by atoms with Crippen molar-refractivity contribution in [2.24, 2.45) is 0 Å². The summed E-state index contributed by atoms with van der Waals surface area (Å²) in [6.45, 7) is 1.59. The molecule has 6 rings (SSSR count). The zero-order valence-corrected chi connectivity index (χ0v) is 17.9. The predicted octanol–water partition coefficient (Wildman–Crippen LogP) is 6.10. The fourth-order valence-electron chi connectivity index (χ4n) is 3.98. The summed E-state index contributed by atoms with van der Waals surface area (Å²) in [7, 11) is 0. The van der Waals surface area contributed by atoms with Gasteiger partial charge in [0.05, 0.1) is 16.1 Å². The Labute approximate surface area is 187 Å². The minimum Gasteiger partial charge on any atom is -0.338 e. The summed E-state index contributed by atoms with van der Waals surface area (Å²) in [5.41, 5.74) is 6.75. The highest BCUT2D eigenvalue weighted by atomic mass is 32.1. The van der Waals surface area contributed by atoms with Gasteiger partial charge in [-0.1, -0.05) is 6.07 Å². The minimum atomic E-state index is 0.0781. The van der Waals surface area contributed by atoms with E-state index in [1.165, 1.54) is 11.3 Å². The zero-order chi connectivity index (χ0) is 21.7. The van der Waals surface area contributed by atoms with Crippen molar-refractivity contribution < 1.29 is 4.79 Å². The van der Waals surface area contributed by atoms with E-state index in [1.807, 2.05) is 36.4 Å². The number of nitrogens with one attached hydrogen (secondary N) is 2. The molecule has 0 unspecified atom stereocenters. The lowest BCUT2D eigenvalue weighted by atomic mass is 10.0. The van der Waals surface area contributed by atoms with Gasteiger partial charge >= 0.3 is 0 Å². The SMILES string of the molecule is CC(=O)c1ccc(-c2ccnc3[nH]c(-c4n[nH]c5ccc(-c6ccncc6)cc45)cc23)s1. The van der Waals surface area contributed by atoms with E-state index in [-0.39, 0.29) is 5.78 Å². The maximum Gasteiger partial charge on any atom is 0.169 e. The Bertz CT molecular complexity index is 1610. The summed E-state index contributed by atoms with van der Waals surface area (Å²) < 4.78 is 0. The second kappa shape index (κ2) is 7.25. The van der Waals surface area contributed by atoms with Gasteiger partial charge in [-0.05, 0) is 66.6 Å². The molecule has 0 bridgehead atoms. The van der Waals surface area contributed by atoms with Crippen molar-refractivity contribution in [3.63, 3.8) is 0 Å². The third-order valence-corrected chi connectivity index (χ3v) is 6.80. The Kier molecular flexibility index (Phi) is 4.22. The molecule has 0 aliphatic rings. The number of Topliss-reactive ketones (excluding diaryl/α,β-unsaturated/α-hetero) is 1. The average Bonchev–Trinajstić information content (AvgIpc) is 3.56. The molecule has 5 aromatic heterocycles. The van der Waals surface area contributed by atoms with Crippen molar-refractivity contribution in [3.8, 4) is 33.0 Å². The number of H-pyrrole nitrogens is 2. The molecule has 6 aromatic rings. The van der Waals surface area contributed by atoms with Crippen molar-refractivity contribution in [2.75, 3.05) is 0 Å². The highest BCUT2D eigenvalue weighted by molar-refractivity contribution is 7.17. The minimum absolute atomic E-state index is 0.0781. The van der Waals surface area contributed by atoms with Gasteiger partial charge in [-0.2, -0.15) is 5.10 Å². The van der Waals surface area contributed by atoms with Crippen LogP contribution in [0.3, 0.4) is 0 Å². The number of hydrogen-bond acceptors (Lipinski definition) is 5. The lowest BCUT2D eigenvalue weighted by molar-refractivity contribution is 0.102. The first-order chi connectivity index (χ1) is 15.7. The number of pyridine rings is 2. The molecule has 154 valence electrons. The quantitative estimate of drug-likeness (QED) is 0.328. The smallest absolute Gasteiger partial charge is 0.169 e. The van der Waals surface area contributed by atoms with Gasteiger partial charge in [0.1, 0.15) is 11.3 Å². The molecular formula is C25H17N5OS. The fraction of sp³-hybridized carbons (Fsp3) is 0.0400. The monoisotopic (exact) mass is 435 g/mol. The number of fused-ring (bicyclic) bond motifs is 2. The molecule has 0 aliphatic carbocycles. The van der Waals surface area contributed by atoms with Crippen molar-refractivity contribution in [1.82, 2.24) is 25.1 Å². The summed E-state index contributed by atoms with van der Waals surface area (Å²) in [5, 5.41) is 9.75. The van der Waals surface area contributed by atoms with E-state index in [1.54, 1.807) is 25.5 Å². The van der Waals surface area contributed by atoms with E-state index in [0.717, 1.165) is 59.8 Å². The van der Waals surface area contributed by atoms with Gasteiger partial charge in [0.25, 0.3) is 0 Å². The first kappa shape index (κ1) is 18.7. The van der Waals surface area contributed by atoms with Gasteiger partial charge in [-0.15, -0.1) is 11.3 Å². The third-order valence-electron chi connectivity index (χ3n) is 5.58. The summed E-state index contributed by atoms with van der Waals surface area (Å²) in [4.78, 5) is 25.6. The van der Waals surface area contributed by atoms with Crippen LogP contribution in [0.1, 0.15) is 16.6 Å². The maximum atomic E-state index is 11.7. The molecule has 7 heteroatoms. The fourth-order valence-corrected chi connectivity index (χ4v) is 4.93. The van der Waals surface area contributed by atoms with Crippen LogP contribution in [0.4, 0.5) is 0 Å². The number of carbonyl (C=O) groups is 1. The van der Waals surface area contributed by atoms with E-state index in [0.29, 0.717) is 0 Å². The summed E-state index contributed by atoms with van der Waals surface area (Å²) >= 11 is 1.50. The van der Waals surface area contributed by atoms with Crippen LogP contribution in [0, 0.1) is 0 Å². The van der Waals surface area contributed by atoms with E-state index in [4.69, 9.17) is 0 Å². The van der Waals surface area contributed by atoms with E-state index < -0.39 is 0 Å². The maximum absolute atomic E-state index is 11.7. The van der Waals surface area contributed by atoms with Crippen LogP contribution in [0.25, 0.3) is 54.9 Å². The number of nitrogens with zero attached hydrogens (tertiary/aromatic N) is 3. The normalized spacial score (nSPS) is 11.4. The van der Waals surface area contributed by atoms with Crippen molar-refractivity contribution in [1.29, 1.82) is 0 Å². The molecule has 0 amide bonds. The predicted molar refractivity (Wildman–Crippen MR) is 128 cm³/mol. The van der Waals surface area contributed by atoms with Crippen molar-refractivity contribution in [3.05, 3.63) is 78.1 Å². The number of aromatic nitrogens is 5. The Morgan fingerprint density at radius 3 is 2.59 bits per heavy atom. The molecule has 6 nitrogen and oxygen atoms in total. The lowest BCUT2D eigenvalue weighted by Crippen LogP contribution is -1.83. The molecule has 1 aromatic carbocycles. The lowest BCUT2D eigenvalue weighted by Gasteiger charge is -2.01. The van der Waals surface area contributed by atoms with Crippen LogP contribution < -0.4 is 0 Å². The Balaban J connectivity index is 1.49. The number of thiophene rings is 1. The summed E-state index contributed by atoms with van der Waals surface area (Å²) in [5.74, 6) is 0.0781. The zero-order valence-electron chi connectivity index (χ0n) is 17.1. The number of carbonyl (C=O) groups excluding carboxylic acids is 1. The molecule has 0 saturated carbocycles. The standard InChI is InChI=1S/C25H17N5OS/c1-14(31)22-4-5-23(32-22)17-8-11-27-25-18(17)13-21(28-25)24-19-12-16(2-3-20(19)29-30-24)15-6-9-26-10-7-15/h2-13H,1H3,(H,27,28)(H,29,30). The second-order valence-electron chi connectivity index (χ2n) is 7.59. The largest absolute Gasteiger partial charge is 0.338 e. The number of benzene rings is 1. The van der Waals surface area contributed by atoms with Gasteiger partial charge in [0, 0.05) is 39.8 Å². The Morgan fingerprint density at radius 2 is 1.78 bits per heavy atom. The van der Waals surface area contributed by atoms with Crippen LogP contribution in [-0.2, 0) is 0 Å². The van der Waals surface area contributed by atoms with Gasteiger partial charge in [-0.3, -0.25) is 14.9 Å². The number of aromatic amines is 2. The first-order valence-electron chi connectivity index (χ1n) is 10.1. The van der Waals surface area contributed by atoms with Crippen LogP contribution >= 0.6 is 11.3 Å². The van der Waals surface area contributed by atoms with E-state index >= 15 is 0 Å². The molecule has 0 fully saturated rings. The molecule has 32 heavy (non-hydrogen) atoms. The second-order valence-corrected chi connectivity index (χ2v) is 8.68. The first-order valence-corrected chi connectivity index (χ1v) is 11.0. The van der Waals surface area contributed by atoms with Crippen molar-refractivity contribution >= 4 is 39.1 Å². The van der Waals surface area contributed by atoms with E-state index in [2.05, 4.69) is 43.3 Å². The molecular weight excluding hydrogens is 418 g/mol. The molecule has 0 saturated heterocycles. The van der Waals surface area contributed by atoms with Gasteiger partial charge in [-0.25, -0.2) is 4.98 Å². The summed E-state index contributed by atoms with van der Waals surface area (Å²) in [6.07, 6.45) is 5.38. The summed E-state index contributed by atoms with van der Waals surface area (Å²) in [6, 6.07) is 18.2. The van der Waals surface area contributed by atoms with E-state index in [9.17, 15) is 4.79 Å². The number of ketones is 1. The molecule has 5 heterocycles. The Morgan fingerprint density at radius 1 is 0.906 bits per heavy atom. The number of hydrogen-bond donors (Lipinski definition) is 2. The average molecular weight is 436 g/mol. The highest BCUT2D eigenvalue weighted by Gasteiger charge is 2.16. The van der Waals surface area contributed by atoms with Gasteiger partial charge in [0.15, 0.2) is 5.78 Å². The van der Waals surface area contributed by atoms with Crippen LogP contribution in [0.2, 0.25) is 0 Å². The number of rotatable bonds is 4. The molecule has 0 radical (unpaired) electrons. The molecule has 2 N–H and O–H groups in total.